The van der Waals surface area contributed by atoms with Crippen molar-refractivity contribution in [2.24, 2.45) is 0 Å². The summed E-state index contributed by atoms with van der Waals surface area (Å²) in [7, 11) is 1.67. The number of ether oxygens (including phenoxy) is 1. The summed E-state index contributed by atoms with van der Waals surface area (Å²) in [5, 5.41) is 12.3. The number of rotatable bonds is 7. The molecule has 1 aromatic carbocycles. The Morgan fingerprint density at radius 3 is 2.56 bits per heavy atom. The highest BCUT2D eigenvalue weighted by Gasteiger charge is 2.29. The van der Waals surface area contributed by atoms with Gasteiger partial charge in [-0.2, -0.15) is 5.26 Å². The molecule has 0 radical (unpaired) electrons. The van der Waals surface area contributed by atoms with Gasteiger partial charge in [-0.05, 0) is 12.6 Å². The van der Waals surface area contributed by atoms with Gasteiger partial charge in [0.1, 0.15) is 12.1 Å². The molecule has 0 aliphatic carbocycles. The number of benzene rings is 1. The van der Waals surface area contributed by atoms with Crippen LogP contribution in [0.5, 0.6) is 0 Å². The Labute approximate surface area is 105 Å². The molecule has 0 aliphatic rings. The predicted molar refractivity (Wildman–Crippen MR) is 64.2 cm³/mol. The standard InChI is InChI=1S/C13H16F2N2O/c1-17-13(10-16,7-8-18-9-12(14)15)11-5-3-2-4-6-11/h2-6,12,17H,7-9H2,1H3. The fourth-order valence-electron chi connectivity index (χ4n) is 1.71. The molecule has 0 saturated heterocycles. The van der Waals surface area contributed by atoms with Gasteiger partial charge in [0.25, 0.3) is 6.43 Å². The Morgan fingerprint density at radius 2 is 2.06 bits per heavy atom. The lowest BCUT2D eigenvalue weighted by Gasteiger charge is -2.26. The molecule has 0 spiro atoms. The molecule has 0 aliphatic heterocycles. The van der Waals surface area contributed by atoms with Crippen LogP contribution in [0.3, 0.4) is 0 Å². The Bertz CT molecular complexity index is 392. The Balaban J connectivity index is 2.68. The number of hydrogen-bond donors (Lipinski definition) is 1. The second kappa shape index (κ2) is 7.04. The molecule has 0 bridgehead atoms. The first-order chi connectivity index (χ1) is 8.64. The molecule has 18 heavy (non-hydrogen) atoms. The summed E-state index contributed by atoms with van der Waals surface area (Å²) < 4.78 is 28.7. The summed E-state index contributed by atoms with van der Waals surface area (Å²) in [4.78, 5) is 0. The minimum atomic E-state index is -2.48. The van der Waals surface area contributed by atoms with Gasteiger partial charge in [-0.15, -0.1) is 0 Å². The lowest BCUT2D eigenvalue weighted by Crippen LogP contribution is -2.39. The first-order valence-corrected chi connectivity index (χ1v) is 5.66. The van der Waals surface area contributed by atoms with Gasteiger partial charge in [0.2, 0.25) is 0 Å². The SMILES string of the molecule is CNC(C#N)(CCOCC(F)F)c1ccccc1. The summed E-state index contributed by atoms with van der Waals surface area (Å²) in [6, 6.07) is 11.4. The zero-order chi connectivity index (χ0) is 13.4. The third kappa shape index (κ3) is 3.76. The summed E-state index contributed by atoms with van der Waals surface area (Å²) in [6.07, 6.45) is -2.16. The van der Waals surface area contributed by atoms with Crippen LogP contribution in [-0.2, 0) is 10.3 Å². The van der Waals surface area contributed by atoms with Gasteiger partial charge in [-0.25, -0.2) is 8.78 Å². The monoisotopic (exact) mass is 254 g/mol. The maximum Gasteiger partial charge on any atom is 0.261 e. The molecule has 0 aromatic heterocycles. The fraction of sp³-hybridized carbons (Fsp3) is 0.462. The van der Waals surface area contributed by atoms with E-state index in [1.807, 2.05) is 30.3 Å². The minimum Gasteiger partial charge on any atom is -0.375 e. The van der Waals surface area contributed by atoms with Crippen molar-refractivity contribution in [2.45, 2.75) is 18.4 Å². The van der Waals surface area contributed by atoms with Crippen molar-refractivity contribution in [3.63, 3.8) is 0 Å². The van der Waals surface area contributed by atoms with E-state index in [1.165, 1.54) is 0 Å². The highest BCUT2D eigenvalue weighted by molar-refractivity contribution is 5.31. The van der Waals surface area contributed by atoms with E-state index in [2.05, 4.69) is 11.4 Å². The molecule has 1 atom stereocenters. The second-order valence-electron chi connectivity index (χ2n) is 3.85. The van der Waals surface area contributed by atoms with E-state index in [0.717, 1.165) is 5.56 Å². The highest BCUT2D eigenvalue weighted by Crippen LogP contribution is 2.23. The normalized spacial score (nSPS) is 14.2. The molecule has 0 heterocycles. The smallest absolute Gasteiger partial charge is 0.261 e. The number of nitrogens with zero attached hydrogens (tertiary/aromatic N) is 1. The lowest BCUT2D eigenvalue weighted by atomic mass is 9.88. The lowest BCUT2D eigenvalue weighted by molar-refractivity contribution is 0.0121. The van der Waals surface area contributed by atoms with Crippen molar-refractivity contribution in [3.8, 4) is 6.07 Å². The van der Waals surface area contributed by atoms with Crippen LogP contribution in [0, 0.1) is 11.3 Å². The Hall–Kier alpha value is -1.51. The molecule has 3 nitrogen and oxygen atoms in total. The average molecular weight is 254 g/mol. The van der Waals surface area contributed by atoms with Gasteiger partial charge >= 0.3 is 0 Å². The first-order valence-electron chi connectivity index (χ1n) is 5.66. The van der Waals surface area contributed by atoms with Crippen molar-refractivity contribution in [1.29, 1.82) is 5.26 Å². The van der Waals surface area contributed by atoms with Gasteiger partial charge < -0.3 is 4.74 Å². The van der Waals surface area contributed by atoms with Crippen LogP contribution in [-0.4, -0.2) is 26.7 Å². The van der Waals surface area contributed by atoms with Crippen molar-refractivity contribution < 1.29 is 13.5 Å². The largest absolute Gasteiger partial charge is 0.375 e. The number of halogens is 2. The fourth-order valence-corrected chi connectivity index (χ4v) is 1.71. The number of alkyl halides is 2. The van der Waals surface area contributed by atoms with E-state index in [-0.39, 0.29) is 6.61 Å². The molecule has 1 unspecified atom stereocenters. The third-order valence-corrected chi connectivity index (χ3v) is 2.75. The van der Waals surface area contributed by atoms with E-state index in [1.54, 1.807) is 7.05 Å². The molecule has 1 aromatic rings. The third-order valence-electron chi connectivity index (χ3n) is 2.75. The minimum absolute atomic E-state index is 0.105. The number of nitriles is 1. The maximum atomic E-state index is 11.9. The van der Waals surface area contributed by atoms with Crippen LogP contribution >= 0.6 is 0 Å². The Morgan fingerprint density at radius 1 is 1.39 bits per heavy atom. The van der Waals surface area contributed by atoms with Gasteiger partial charge in [-0.3, -0.25) is 5.32 Å². The molecule has 1 N–H and O–H groups in total. The van der Waals surface area contributed by atoms with Crippen molar-refractivity contribution in [1.82, 2.24) is 5.32 Å². The van der Waals surface area contributed by atoms with Gasteiger partial charge in [0.15, 0.2) is 0 Å². The highest BCUT2D eigenvalue weighted by atomic mass is 19.3. The van der Waals surface area contributed by atoms with E-state index in [0.29, 0.717) is 6.42 Å². The van der Waals surface area contributed by atoms with Gasteiger partial charge in [0.05, 0.1) is 6.07 Å². The first kappa shape index (κ1) is 14.6. The summed E-state index contributed by atoms with van der Waals surface area (Å²) >= 11 is 0. The molecule has 98 valence electrons. The molecule has 1 rings (SSSR count). The molecule has 0 amide bonds. The molecular weight excluding hydrogens is 238 g/mol. The summed E-state index contributed by atoms with van der Waals surface area (Å²) in [5.41, 5.74) is -0.0979. The quantitative estimate of drug-likeness (QED) is 0.759. The van der Waals surface area contributed by atoms with Crippen LogP contribution in [0.15, 0.2) is 30.3 Å². The van der Waals surface area contributed by atoms with Crippen LogP contribution in [0.4, 0.5) is 8.78 Å². The van der Waals surface area contributed by atoms with Gasteiger partial charge in [-0.1, -0.05) is 30.3 Å². The van der Waals surface area contributed by atoms with E-state index in [4.69, 9.17) is 4.74 Å². The van der Waals surface area contributed by atoms with E-state index >= 15 is 0 Å². The molecular formula is C13H16F2N2O. The van der Waals surface area contributed by atoms with Crippen LogP contribution in [0.25, 0.3) is 0 Å². The molecule has 0 saturated carbocycles. The van der Waals surface area contributed by atoms with Crippen molar-refractivity contribution in [3.05, 3.63) is 35.9 Å². The zero-order valence-corrected chi connectivity index (χ0v) is 10.2. The van der Waals surface area contributed by atoms with Gasteiger partial charge in [0, 0.05) is 13.0 Å². The zero-order valence-electron chi connectivity index (χ0n) is 10.2. The van der Waals surface area contributed by atoms with E-state index in [9.17, 15) is 14.0 Å². The summed E-state index contributed by atoms with van der Waals surface area (Å²) in [5.74, 6) is 0. The Kier molecular flexibility index (Phi) is 5.69. The summed E-state index contributed by atoms with van der Waals surface area (Å²) in [6.45, 7) is -0.492. The van der Waals surface area contributed by atoms with E-state index < -0.39 is 18.6 Å². The second-order valence-corrected chi connectivity index (χ2v) is 3.85. The van der Waals surface area contributed by atoms with Crippen LogP contribution in [0.2, 0.25) is 0 Å². The predicted octanol–water partition coefficient (Wildman–Crippen LogP) is 2.30. The number of nitrogens with one attached hydrogen (secondary N) is 1. The molecule has 5 heteroatoms. The topological polar surface area (TPSA) is 45.0 Å². The molecule has 0 fully saturated rings. The number of hydrogen-bond acceptors (Lipinski definition) is 3. The van der Waals surface area contributed by atoms with Crippen LogP contribution < -0.4 is 5.32 Å². The average Bonchev–Trinajstić information content (AvgIpc) is 2.40. The van der Waals surface area contributed by atoms with Crippen molar-refractivity contribution in [2.75, 3.05) is 20.3 Å². The maximum absolute atomic E-state index is 11.9. The van der Waals surface area contributed by atoms with Crippen LogP contribution in [0.1, 0.15) is 12.0 Å². The van der Waals surface area contributed by atoms with Crippen molar-refractivity contribution >= 4 is 0 Å².